The van der Waals surface area contributed by atoms with Gasteiger partial charge in [0.1, 0.15) is 6.04 Å². The van der Waals surface area contributed by atoms with E-state index in [1.54, 1.807) is 4.90 Å². The third-order valence-electron chi connectivity index (χ3n) is 4.70. The molecule has 1 N–H and O–H groups in total. The molecule has 2 amide bonds. The number of benzene rings is 1. The van der Waals surface area contributed by atoms with Crippen molar-refractivity contribution < 1.29 is 9.59 Å². The maximum Gasteiger partial charge on any atom is 0.245 e. The van der Waals surface area contributed by atoms with Gasteiger partial charge in [-0.2, -0.15) is 0 Å². The zero-order valence-electron chi connectivity index (χ0n) is 12.5. The van der Waals surface area contributed by atoms with Crippen LogP contribution in [-0.2, 0) is 16.0 Å². The number of hydrogen-bond donors (Lipinski definition) is 1. The minimum atomic E-state index is -0.419. The highest BCUT2D eigenvalue weighted by Crippen LogP contribution is 2.41. The van der Waals surface area contributed by atoms with E-state index in [1.807, 2.05) is 30.3 Å². The second-order valence-corrected chi connectivity index (χ2v) is 6.67. The summed E-state index contributed by atoms with van der Waals surface area (Å²) in [5.41, 5.74) is 1.29. The molecule has 2 fully saturated rings. The van der Waals surface area contributed by atoms with Crippen LogP contribution in [0.5, 0.6) is 0 Å². The van der Waals surface area contributed by atoms with Crippen molar-refractivity contribution in [2.75, 3.05) is 13.1 Å². The van der Waals surface area contributed by atoms with Gasteiger partial charge in [-0.05, 0) is 23.8 Å². The summed E-state index contributed by atoms with van der Waals surface area (Å²) in [6.45, 7) is 3.13. The predicted molar refractivity (Wildman–Crippen MR) is 80.6 cm³/mol. The number of piperazine rings is 1. The number of rotatable bonds is 4. The van der Waals surface area contributed by atoms with Crippen LogP contribution in [-0.4, -0.2) is 35.8 Å². The Morgan fingerprint density at radius 1 is 1.24 bits per heavy atom. The minimum Gasteiger partial charge on any atom is -0.342 e. The highest BCUT2D eigenvalue weighted by atomic mass is 16.2. The fourth-order valence-corrected chi connectivity index (χ4v) is 3.29. The van der Waals surface area contributed by atoms with Gasteiger partial charge in [-0.1, -0.05) is 43.7 Å². The third-order valence-corrected chi connectivity index (χ3v) is 4.70. The molecular weight excluding hydrogens is 264 g/mol. The topological polar surface area (TPSA) is 49.4 Å². The second kappa shape index (κ2) is 5.51. The van der Waals surface area contributed by atoms with Crippen LogP contribution in [0.1, 0.15) is 31.7 Å². The molecule has 4 nitrogen and oxygen atoms in total. The van der Waals surface area contributed by atoms with Gasteiger partial charge >= 0.3 is 0 Å². The Labute approximate surface area is 125 Å². The molecule has 21 heavy (non-hydrogen) atoms. The summed E-state index contributed by atoms with van der Waals surface area (Å²) < 4.78 is 0. The molecule has 1 unspecified atom stereocenters. The van der Waals surface area contributed by atoms with E-state index < -0.39 is 6.04 Å². The third kappa shape index (κ3) is 3.09. The minimum absolute atomic E-state index is 0.0431. The molecule has 3 rings (SSSR count). The lowest BCUT2D eigenvalue weighted by molar-refractivity contribution is -0.146. The molecule has 1 aromatic carbocycles. The highest BCUT2D eigenvalue weighted by Gasteiger charge is 2.39. The molecule has 1 atom stereocenters. The van der Waals surface area contributed by atoms with Gasteiger partial charge in [0.05, 0.1) is 6.54 Å². The van der Waals surface area contributed by atoms with E-state index in [2.05, 4.69) is 12.2 Å². The van der Waals surface area contributed by atoms with Crippen molar-refractivity contribution in [1.29, 1.82) is 0 Å². The molecule has 1 aliphatic carbocycles. The van der Waals surface area contributed by atoms with Crippen LogP contribution in [0.2, 0.25) is 0 Å². The summed E-state index contributed by atoms with van der Waals surface area (Å²) in [6, 6.07) is 9.43. The van der Waals surface area contributed by atoms with Crippen molar-refractivity contribution in [2.45, 2.75) is 38.6 Å². The summed E-state index contributed by atoms with van der Waals surface area (Å²) in [4.78, 5) is 26.3. The van der Waals surface area contributed by atoms with Crippen LogP contribution in [0.15, 0.2) is 30.3 Å². The molecule has 1 heterocycles. The standard InChI is InChI=1S/C17H22N2O2/c1-17(8-5-9-17)12-19-11-15(20)18-14(16(19)21)10-13-6-3-2-4-7-13/h2-4,6-7,14H,5,8-12H2,1H3,(H,18,20). The number of amides is 2. The van der Waals surface area contributed by atoms with Gasteiger partial charge in [-0.3, -0.25) is 9.59 Å². The predicted octanol–water partition coefficient (Wildman–Crippen LogP) is 1.75. The summed E-state index contributed by atoms with van der Waals surface area (Å²) in [5, 5.41) is 2.84. The molecule has 1 aromatic rings. The maximum atomic E-state index is 12.6. The Hall–Kier alpha value is -1.84. The molecule has 0 aromatic heterocycles. The molecule has 0 bridgehead atoms. The first-order valence-electron chi connectivity index (χ1n) is 7.68. The summed E-state index contributed by atoms with van der Waals surface area (Å²) in [6.07, 6.45) is 4.11. The first-order valence-corrected chi connectivity index (χ1v) is 7.68. The monoisotopic (exact) mass is 286 g/mol. The second-order valence-electron chi connectivity index (χ2n) is 6.67. The van der Waals surface area contributed by atoms with Crippen molar-refractivity contribution in [3.05, 3.63) is 35.9 Å². The smallest absolute Gasteiger partial charge is 0.245 e. The number of nitrogens with zero attached hydrogens (tertiary/aromatic N) is 1. The number of carbonyl (C=O) groups is 2. The average molecular weight is 286 g/mol. The number of nitrogens with one attached hydrogen (secondary N) is 1. The summed E-state index contributed by atoms with van der Waals surface area (Å²) in [7, 11) is 0. The Morgan fingerprint density at radius 3 is 2.57 bits per heavy atom. The van der Waals surface area contributed by atoms with E-state index in [0.29, 0.717) is 13.0 Å². The molecule has 4 heteroatoms. The van der Waals surface area contributed by atoms with Crippen LogP contribution in [0.3, 0.4) is 0 Å². The molecule has 112 valence electrons. The zero-order chi connectivity index (χ0) is 14.9. The van der Waals surface area contributed by atoms with Crippen LogP contribution >= 0.6 is 0 Å². The molecule has 1 aliphatic heterocycles. The van der Waals surface area contributed by atoms with E-state index in [0.717, 1.165) is 18.4 Å². The van der Waals surface area contributed by atoms with E-state index in [-0.39, 0.29) is 23.8 Å². The van der Waals surface area contributed by atoms with Crippen molar-refractivity contribution in [3.8, 4) is 0 Å². The van der Waals surface area contributed by atoms with Gasteiger partial charge in [0.2, 0.25) is 11.8 Å². The largest absolute Gasteiger partial charge is 0.342 e. The lowest BCUT2D eigenvalue weighted by Gasteiger charge is -2.44. The van der Waals surface area contributed by atoms with Gasteiger partial charge in [-0.25, -0.2) is 0 Å². The lowest BCUT2D eigenvalue weighted by Crippen LogP contribution is -2.60. The van der Waals surface area contributed by atoms with Crippen molar-refractivity contribution in [3.63, 3.8) is 0 Å². The Morgan fingerprint density at radius 2 is 1.95 bits per heavy atom. The Bertz CT molecular complexity index is 537. The first-order chi connectivity index (χ1) is 10.1. The van der Waals surface area contributed by atoms with Crippen LogP contribution in [0, 0.1) is 5.41 Å². The fraction of sp³-hybridized carbons (Fsp3) is 0.529. The lowest BCUT2D eigenvalue weighted by atomic mass is 9.70. The van der Waals surface area contributed by atoms with E-state index in [9.17, 15) is 9.59 Å². The van der Waals surface area contributed by atoms with Crippen molar-refractivity contribution >= 4 is 11.8 Å². The average Bonchev–Trinajstić information content (AvgIpc) is 2.43. The molecule has 2 aliphatic rings. The van der Waals surface area contributed by atoms with Crippen LogP contribution in [0.4, 0.5) is 0 Å². The van der Waals surface area contributed by atoms with E-state index in [4.69, 9.17) is 0 Å². The van der Waals surface area contributed by atoms with Crippen molar-refractivity contribution in [2.24, 2.45) is 5.41 Å². The molecule has 0 spiro atoms. The zero-order valence-corrected chi connectivity index (χ0v) is 12.5. The molecular formula is C17H22N2O2. The van der Waals surface area contributed by atoms with Crippen molar-refractivity contribution in [1.82, 2.24) is 10.2 Å². The normalized spacial score (nSPS) is 24.4. The molecule has 0 radical (unpaired) electrons. The van der Waals surface area contributed by atoms with Gasteiger partial charge in [0.15, 0.2) is 0 Å². The Balaban J connectivity index is 1.69. The van der Waals surface area contributed by atoms with Crippen LogP contribution < -0.4 is 5.32 Å². The van der Waals surface area contributed by atoms with Gasteiger partial charge < -0.3 is 10.2 Å². The highest BCUT2D eigenvalue weighted by molar-refractivity contribution is 5.95. The van der Waals surface area contributed by atoms with Gasteiger partial charge in [-0.15, -0.1) is 0 Å². The number of carbonyl (C=O) groups excluding carboxylic acids is 2. The maximum absolute atomic E-state index is 12.6. The quantitative estimate of drug-likeness (QED) is 0.916. The Kier molecular flexibility index (Phi) is 3.70. The first kappa shape index (κ1) is 14.1. The van der Waals surface area contributed by atoms with Gasteiger partial charge in [0.25, 0.3) is 0 Å². The number of hydrogen-bond acceptors (Lipinski definition) is 2. The molecule has 1 saturated heterocycles. The van der Waals surface area contributed by atoms with Crippen LogP contribution in [0.25, 0.3) is 0 Å². The van der Waals surface area contributed by atoms with E-state index >= 15 is 0 Å². The SMILES string of the molecule is CC1(CN2CC(=O)NC(Cc3ccccc3)C2=O)CCC1. The van der Waals surface area contributed by atoms with E-state index in [1.165, 1.54) is 6.42 Å². The fourth-order valence-electron chi connectivity index (χ4n) is 3.29. The van der Waals surface area contributed by atoms with Gasteiger partial charge in [0, 0.05) is 13.0 Å². The molecule has 1 saturated carbocycles. The summed E-state index contributed by atoms with van der Waals surface area (Å²) >= 11 is 0. The summed E-state index contributed by atoms with van der Waals surface area (Å²) in [5.74, 6) is 0.0185.